The molecule has 2 N–H and O–H groups in total. The summed E-state index contributed by atoms with van der Waals surface area (Å²) in [6, 6.07) is 6.01. The van der Waals surface area contributed by atoms with Gasteiger partial charge in [-0.15, -0.1) is 0 Å². The van der Waals surface area contributed by atoms with E-state index in [-0.39, 0.29) is 6.42 Å². The minimum Gasteiger partial charge on any atom is -0.478 e. The fourth-order valence-corrected chi connectivity index (χ4v) is 3.11. The van der Waals surface area contributed by atoms with Crippen molar-refractivity contribution in [1.82, 2.24) is 0 Å². The summed E-state index contributed by atoms with van der Waals surface area (Å²) in [6.45, 7) is 6.03. The number of hydrogen-bond acceptors (Lipinski definition) is 2. The molecule has 126 valence electrons. The van der Waals surface area contributed by atoms with Gasteiger partial charge in [0.25, 0.3) is 0 Å². The van der Waals surface area contributed by atoms with Gasteiger partial charge >= 0.3 is 7.60 Å². The van der Waals surface area contributed by atoms with Crippen molar-refractivity contribution in [3.63, 3.8) is 0 Å². The van der Waals surface area contributed by atoms with E-state index in [2.05, 4.69) is 19.9 Å². The maximum atomic E-state index is 11.5. The van der Waals surface area contributed by atoms with Crippen LogP contribution in [0.2, 0.25) is 0 Å². The molecule has 0 amide bonds. The van der Waals surface area contributed by atoms with Crippen molar-refractivity contribution in [2.75, 3.05) is 0 Å². The summed E-state index contributed by atoms with van der Waals surface area (Å²) in [5.74, 6) is -0.446. The predicted molar refractivity (Wildman–Crippen MR) is 90.4 cm³/mol. The first-order valence-corrected chi connectivity index (χ1v) is 9.94. The number of aryl methyl sites for hydroxylation is 2. The van der Waals surface area contributed by atoms with Crippen molar-refractivity contribution < 1.29 is 19.1 Å². The summed E-state index contributed by atoms with van der Waals surface area (Å²) in [4.78, 5) is 18.7. The molecular formula is C17H29O4P. The Morgan fingerprint density at radius 1 is 1.09 bits per heavy atom. The molecule has 0 fully saturated rings. The Labute approximate surface area is 134 Å². The lowest BCUT2D eigenvalue weighted by atomic mass is 10.0. The first-order valence-electron chi connectivity index (χ1n) is 8.26. The Hall–Kier alpha value is -0.830. The second-order valence-electron chi connectivity index (χ2n) is 5.72. The van der Waals surface area contributed by atoms with E-state index < -0.39 is 13.4 Å². The number of ether oxygens (including phenoxy) is 1. The van der Waals surface area contributed by atoms with Crippen molar-refractivity contribution in [3.05, 3.63) is 29.3 Å². The summed E-state index contributed by atoms with van der Waals surface area (Å²) in [5.41, 5.74) is 2.33. The van der Waals surface area contributed by atoms with Crippen LogP contribution in [0.4, 0.5) is 0 Å². The molecule has 4 nitrogen and oxygen atoms in total. The number of benzene rings is 1. The molecule has 0 aliphatic rings. The summed E-state index contributed by atoms with van der Waals surface area (Å²) in [5, 5.41) is 0. The molecule has 0 spiro atoms. The SMILES string of the molecule is CCCCc1ccc(OC(CC)P(=O)(O)O)c(CCCC)c1. The van der Waals surface area contributed by atoms with Gasteiger partial charge in [-0.3, -0.25) is 4.57 Å². The highest BCUT2D eigenvalue weighted by Crippen LogP contribution is 2.44. The van der Waals surface area contributed by atoms with E-state index in [1.807, 2.05) is 12.1 Å². The normalized spacial score (nSPS) is 13.1. The maximum absolute atomic E-state index is 11.5. The second-order valence-corrected chi connectivity index (χ2v) is 7.47. The monoisotopic (exact) mass is 328 g/mol. The summed E-state index contributed by atoms with van der Waals surface area (Å²) in [7, 11) is -4.24. The van der Waals surface area contributed by atoms with Gasteiger partial charge in [-0.2, -0.15) is 0 Å². The number of unbranched alkanes of at least 4 members (excludes halogenated alkanes) is 2. The standard InChI is InChI=1S/C17H29O4P/c1-4-7-9-14-11-12-16(15(13-14)10-8-5-2)21-17(6-3)22(18,19)20/h11-13,17H,4-10H2,1-3H3,(H2,18,19,20). The molecule has 0 saturated carbocycles. The molecule has 0 aliphatic carbocycles. The fraction of sp³-hybridized carbons (Fsp3) is 0.647. The molecule has 1 unspecified atom stereocenters. The zero-order valence-electron chi connectivity index (χ0n) is 13.9. The average molecular weight is 328 g/mol. The molecule has 1 aromatic carbocycles. The van der Waals surface area contributed by atoms with Gasteiger partial charge in [0.2, 0.25) is 0 Å². The van der Waals surface area contributed by atoms with Crippen molar-refractivity contribution in [3.8, 4) is 5.75 Å². The molecule has 0 aliphatic heterocycles. The van der Waals surface area contributed by atoms with Crippen LogP contribution in [0.3, 0.4) is 0 Å². The minimum absolute atomic E-state index is 0.287. The van der Waals surface area contributed by atoms with Gasteiger partial charge in [0.1, 0.15) is 5.75 Å². The van der Waals surface area contributed by atoms with Crippen LogP contribution in [0.1, 0.15) is 64.0 Å². The van der Waals surface area contributed by atoms with Gasteiger partial charge in [-0.05, 0) is 49.3 Å². The van der Waals surface area contributed by atoms with E-state index in [9.17, 15) is 14.4 Å². The van der Waals surface area contributed by atoms with E-state index in [4.69, 9.17) is 4.74 Å². The van der Waals surface area contributed by atoms with Crippen LogP contribution in [0.5, 0.6) is 5.75 Å². The highest BCUT2D eigenvalue weighted by molar-refractivity contribution is 7.52. The molecule has 1 atom stereocenters. The lowest BCUT2D eigenvalue weighted by Crippen LogP contribution is -2.16. The zero-order chi connectivity index (χ0) is 16.6. The van der Waals surface area contributed by atoms with E-state index in [1.165, 1.54) is 5.56 Å². The van der Waals surface area contributed by atoms with E-state index in [1.54, 1.807) is 6.92 Å². The van der Waals surface area contributed by atoms with Gasteiger partial charge in [-0.1, -0.05) is 45.7 Å². The van der Waals surface area contributed by atoms with Crippen LogP contribution in [0.25, 0.3) is 0 Å². The number of hydrogen-bond donors (Lipinski definition) is 2. The molecule has 0 saturated heterocycles. The molecule has 0 bridgehead atoms. The first-order chi connectivity index (χ1) is 10.4. The smallest absolute Gasteiger partial charge is 0.365 e. The van der Waals surface area contributed by atoms with Crippen LogP contribution in [-0.4, -0.2) is 15.6 Å². The van der Waals surface area contributed by atoms with E-state index >= 15 is 0 Å². The third-order valence-electron chi connectivity index (χ3n) is 3.73. The Kier molecular flexibility index (Phi) is 8.16. The van der Waals surface area contributed by atoms with Crippen molar-refractivity contribution >= 4 is 7.60 Å². The van der Waals surface area contributed by atoms with Gasteiger partial charge in [0.15, 0.2) is 5.85 Å². The third kappa shape index (κ3) is 6.12. The largest absolute Gasteiger partial charge is 0.478 e. The summed E-state index contributed by atoms with van der Waals surface area (Å²) in [6.07, 6.45) is 6.62. The average Bonchev–Trinajstić information content (AvgIpc) is 2.48. The van der Waals surface area contributed by atoms with Gasteiger partial charge < -0.3 is 14.5 Å². The lowest BCUT2D eigenvalue weighted by Gasteiger charge is -2.21. The minimum atomic E-state index is -4.24. The zero-order valence-corrected chi connectivity index (χ0v) is 14.8. The lowest BCUT2D eigenvalue weighted by molar-refractivity contribution is 0.217. The van der Waals surface area contributed by atoms with Gasteiger partial charge in [0.05, 0.1) is 0 Å². The Morgan fingerprint density at radius 2 is 1.73 bits per heavy atom. The molecule has 1 rings (SSSR count). The molecule has 1 aromatic rings. The summed E-state index contributed by atoms with van der Waals surface area (Å²) >= 11 is 0. The van der Waals surface area contributed by atoms with Crippen molar-refractivity contribution in [2.24, 2.45) is 0 Å². The predicted octanol–water partition coefficient (Wildman–Crippen LogP) is 4.66. The maximum Gasteiger partial charge on any atom is 0.365 e. The Bertz CT molecular complexity index is 495. The Morgan fingerprint density at radius 3 is 2.27 bits per heavy atom. The number of rotatable bonds is 10. The second kappa shape index (κ2) is 9.34. The molecule has 5 heteroatoms. The van der Waals surface area contributed by atoms with Crippen molar-refractivity contribution in [1.29, 1.82) is 0 Å². The van der Waals surface area contributed by atoms with Gasteiger partial charge in [0, 0.05) is 0 Å². The van der Waals surface area contributed by atoms with Crippen LogP contribution in [0, 0.1) is 0 Å². The van der Waals surface area contributed by atoms with Gasteiger partial charge in [-0.25, -0.2) is 0 Å². The van der Waals surface area contributed by atoms with Crippen LogP contribution < -0.4 is 4.74 Å². The summed E-state index contributed by atoms with van der Waals surface area (Å²) < 4.78 is 17.1. The molecule has 22 heavy (non-hydrogen) atoms. The molecule has 0 heterocycles. The molecular weight excluding hydrogens is 299 g/mol. The van der Waals surface area contributed by atoms with Crippen LogP contribution >= 0.6 is 7.60 Å². The Balaban J connectivity index is 2.98. The topological polar surface area (TPSA) is 66.8 Å². The van der Waals surface area contributed by atoms with E-state index in [0.29, 0.717) is 5.75 Å². The highest BCUT2D eigenvalue weighted by atomic mass is 31.2. The van der Waals surface area contributed by atoms with Crippen molar-refractivity contribution in [2.45, 2.75) is 71.6 Å². The van der Waals surface area contributed by atoms with E-state index in [0.717, 1.165) is 44.1 Å². The fourth-order valence-electron chi connectivity index (χ4n) is 2.38. The van der Waals surface area contributed by atoms with Crippen LogP contribution in [-0.2, 0) is 17.4 Å². The quantitative estimate of drug-likeness (QED) is 0.613. The highest BCUT2D eigenvalue weighted by Gasteiger charge is 2.29. The van der Waals surface area contributed by atoms with Crippen LogP contribution in [0.15, 0.2) is 18.2 Å². The third-order valence-corrected chi connectivity index (χ3v) is 4.95. The molecule has 0 aromatic heterocycles. The first kappa shape index (κ1) is 19.2. The molecule has 0 radical (unpaired) electrons.